The number of cyclic esters (lactones) is 1. The van der Waals surface area contributed by atoms with E-state index in [0.29, 0.717) is 31.8 Å². The molecule has 2 heterocycles. The lowest BCUT2D eigenvalue weighted by Crippen LogP contribution is -2.66. The molecule has 0 aromatic carbocycles. The molecule has 0 bridgehead atoms. The van der Waals surface area contributed by atoms with Crippen LogP contribution in [0.4, 0.5) is 0 Å². The van der Waals surface area contributed by atoms with Crippen LogP contribution in [0.15, 0.2) is 11.6 Å². The Bertz CT molecular complexity index is 952. The number of hydrogen-bond acceptors (Lipinski definition) is 8. The minimum absolute atomic E-state index is 0.0119. The van der Waals surface area contributed by atoms with Crippen LogP contribution < -0.4 is 0 Å². The van der Waals surface area contributed by atoms with E-state index in [9.17, 15) is 25.2 Å². The Hall–Kier alpha value is -1.03. The summed E-state index contributed by atoms with van der Waals surface area (Å²) in [5.41, 5.74) is -0.495. The van der Waals surface area contributed by atoms with Crippen LogP contribution in [0, 0.1) is 34.5 Å². The molecule has 4 aliphatic carbocycles. The van der Waals surface area contributed by atoms with Gasteiger partial charge in [0.1, 0.15) is 12.7 Å². The highest BCUT2D eigenvalue weighted by atomic mass is 16.7. The van der Waals surface area contributed by atoms with E-state index in [1.54, 1.807) is 6.08 Å². The second kappa shape index (κ2) is 9.00. The number of rotatable bonds is 3. The molecule has 0 amide bonds. The quantitative estimate of drug-likeness (QED) is 0.330. The summed E-state index contributed by atoms with van der Waals surface area (Å²) in [6.07, 6.45) is 4.92. The van der Waals surface area contributed by atoms with Gasteiger partial charge in [0.15, 0.2) is 6.29 Å². The van der Waals surface area contributed by atoms with Crippen molar-refractivity contribution in [2.45, 2.75) is 121 Å². The Kier molecular flexibility index (Phi) is 6.37. The number of aliphatic hydroxyl groups is 4. The molecule has 4 N–H and O–H groups in total. The highest BCUT2D eigenvalue weighted by Crippen LogP contribution is 2.70. The molecule has 208 valence electrons. The Morgan fingerprint density at radius 3 is 2.54 bits per heavy atom. The van der Waals surface area contributed by atoms with E-state index in [2.05, 4.69) is 13.8 Å². The smallest absolute Gasteiger partial charge is 0.331 e. The minimum Gasteiger partial charge on any atom is -0.458 e. The third-order valence-corrected chi connectivity index (χ3v) is 11.8. The maximum absolute atomic E-state index is 12.4. The van der Waals surface area contributed by atoms with Gasteiger partial charge in [-0.3, -0.25) is 0 Å². The Balaban J connectivity index is 1.20. The third-order valence-electron chi connectivity index (χ3n) is 11.8. The molecule has 5 fully saturated rings. The number of carbonyl (C=O) groups excluding carboxylic acids is 1. The fourth-order valence-electron chi connectivity index (χ4n) is 9.93. The van der Waals surface area contributed by atoms with Gasteiger partial charge in [0.05, 0.1) is 30.0 Å². The summed E-state index contributed by atoms with van der Waals surface area (Å²) in [6, 6.07) is 0. The molecule has 6 rings (SSSR count). The number of ether oxygens (including phenoxy) is 3. The van der Waals surface area contributed by atoms with Gasteiger partial charge in [0, 0.05) is 17.9 Å². The first-order valence-electron chi connectivity index (χ1n) is 14.4. The average Bonchev–Trinajstić information content (AvgIpc) is 3.37. The highest BCUT2D eigenvalue weighted by molar-refractivity contribution is 5.85. The molecule has 8 nitrogen and oxygen atoms in total. The molecule has 4 saturated carbocycles. The van der Waals surface area contributed by atoms with Crippen molar-refractivity contribution in [1.82, 2.24) is 0 Å². The first-order chi connectivity index (χ1) is 17.5. The molecule has 0 aromatic heterocycles. The molecule has 1 saturated heterocycles. The number of hydrogen-bond donors (Lipinski definition) is 4. The summed E-state index contributed by atoms with van der Waals surface area (Å²) in [4.78, 5) is 11.8. The van der Waals surface area contributed by atoms with E-state index in [4.69, 9.17) is 14.2 Å². The zero-order valence-corrected chi connectivity index (χ0v) is 22.3. The summed E-state index contributed by atoms with van der Waals surface area (Å²) in [6.45, 7) is 6.61. The molecular formula is C29H44O8. The molecule has 6 aliphatic rings. The van der Waals surface area contributed by atoms with E-state index < -0.39 is 35.6 Å². The van der Waals surface area contributed by atoms with Crippen molar-refractivity contribution in [3.8, 4) is 0 Å². The van der Waals surface area contributed by atoms with Gasteiger partial charge >= 0.3 is 5.97 Å². The van der Waals surface area contributed by atoms with E-state index in [0.717, 1.165) is 44.1 Å². The molecule has 13 atom stereocenters. The summed E-state index contributed by atoms with van der Waals surface area (Å²) in [5.74, 6) is 0.124. The highest BCUT2D eigenvalue weighted by Gasteiger charge is 2.70. The largest absolute Gasteiger partial charge is 0.458 e. The summed E-state index contributed by atoms with van der Waals surface area (Å²) in [7, 11) is 0. The summed E-state index contributed by atoms with van der Waals surface area (Å²) in [5, 5.41) is 44.7. The molecule has 0 unspecified atom stereocenters. The first kappa shape index (κ1) is 26.2. The predicted octanol–water partition coefficient (Wildman–Crippen LogP) is 2.46. The van der Waals surface area contributed by atoms with E-state index >= 15 is 0 Å². The van der Waals surface area contributed by atoms with E-state index in [1.807, 2.05) is 6.92 Å². The van der Waals surface area contributed by atoms with Crippen molar-refractivity contribution < 1.29 is 39.4 Å². The average molecular weight is 521 g/mol. The zero-order chi connectivity index (χ0) is 26.3. The lowest BCUT2D eigenvalue weighted by atomic mass is 9.42. The number of carbonyl (C=O) groups is 1. The van der Waals surface area contributed by atoms with Crippen LogP contribution in [0.1, 0.15) is 78.6 Å². The standard InChI is InChI=1S/C29H44O8/c1-15-10-21(30)25(33)26(36-15)37-18-6-8-27(2)17(12-18)4-5-20-24(27)22(31)13-28(3)19(7-9-29(20,28)34)16-11-23(32)35-14-16/h11,15,17-22,24-26,30-31,33-34H,4-10,12-14H2,1-3H3/t15-,17-,18+,19-,20-,21+,22-,24-,25-,26+,27+,28-,29+/m1/s1. The normalized spacial score (nSPS) is 55.6. The van der Waals surface area contributed by atoms with Crippen LogP contribution in [0.3, 0.4) is 0 Å². The Morgan fingerprint density at radius 2 is 1.81 bits per heavy atom. The topological polar surface area (TPSA) is 126 Å². The second-order valence-corrected chi connectivity index (χ2v) is 13.6. The maximum Gasteiger partial charge on any atom is 0.331 e. The number of aliphatic hydroxyl groups excluding tert-OH is 3. The molecule has 0 spiro atoms. The molecule has 8 heteroatoms. The summed E-state index contributed by atoms with van der Waals surface area (Å²) < 4.78 is 17.3. The first-order valence-corrected chi connectivity index (χ1v) is 14.4. The lowest BCUT2D eigenvalue weighted by molar-refractivity contribution is -0.290. The van der Waals surface area contributed by atoms with Crippen LogP contribution in [0.5, 0.6) is 0 Å². The van der Waals surface area contributed by atoms with Crippen molar-refractivity contribution in [1.29, 1.82) is 0 Å². The number of fused-ring (bicyclic) bond motifs is 5. The SMILES string of the molecule is C[C@@H]1C[C@H](O)[C@@H](O)[C@H](O[C@H]2CC[C@@]3(C)[C@H](CC[C@@H]4[C@@H]3[C@H](O)C[C@]3(C)[C@@H](C5=CC(=O)OC5)CC[C@]43O)C2)O1. The van der Waals surface area contributed by atoms with Crippen molar-refractivity contribution in [3.63, 3.8) is 0 Å². The van der Waals surface area contributed by atoms with Gasteiger partial charge in [-0.25, -0.2) is 4.79 Å². The number of esters is 1. The Morgan fingerprint density at radius 1 is 1.03 bits per heavy atom. The van der Waals surface area contributed by atoms with Gasteiger partial charge in [-0.2, -0.15) is 0 Å². The van der Waals surface area contributed by atoms with Crippen molar-refractivity contribution >= 4 is 5.97 Å². The van der Waals surface area contributed by atoms with Gasteiger partial charge in [-0.05, 0) is 93.0 Å². The van der Waals surface area contributed by atoms with Gasteiger partial charge in [0.2, 0.25) is 0 Å². The monoisotopic (exact) mass is 520 g/mol. The van der Waals surface area contributed by atoms with Gasteiger partial charge < -0.3 is 34.6 Å². The van der Waals surface area contributed by atoms with E-state index in [1.165, 1.54) is 0 Å². The fourth-order valence-corrected chi connectivity index (χ4v) is 9.93. The van der Waals surface area contributed by atoms with Crippen LogP contribution in [0.25, 0.3) is 0 Å². The fraction of sp³-hybridized carbons (Fsp3) is 0.897. The maximum atomic E-state index is 12.4. The molecule has 0 aromatic rings. The second-order valence-electron chi connectivity index (χ2n) is 13.6. The van der Waals surface area contributed by atoms with Crippen LogP contribution >= 0.6 is 0 Å². The van der Waals surface area contributed by atoms with Gasteiger partial charge in [-0.1, -0.05) is 13.8 Å². The minimum atomic E-state index is -1.04. The predicted molar refractivity (Wildman–Crippen MR) is 133 cm³/mol. The van der Waals surface area contributed by atoms with Crippen LogP contribution in [-0.2, 0) is 19.0 Å². The van der Waals surface area contributed by atoms with Crippen LogP contribution in [0.2, 0.25) is 0 Å². The van der Waals surface area contributed by atoms with E-state index in [-0.39, 0.29) is 41.3 Å². The van der Waals surface area contributed by atoms with Crippen molar-refractivity contribution in [2.24, 2.45) is 34.5 Å². The molecule has 0 radical (unpaired) electrons. The van der Waals surface area contributed by atoms with Crippen molar-refractivity contribution in [2.75, 3.05) is 6.61 Å². The zero-order valence-electron chi connectivity index (χ0n) is 22.3. The summed E-state index contributed by atoms with van der Waals surface area (Å²) >= 11 is 0. The van der Waals surface area contributed by atoms with Crippen molar-refractivity contribution in [3.05, 3.63) is 11.6 Å². The van der Waals surface area contributed by atoms with Crippen LogP contribution in [-0.4, -0.2) is 75.4 Å². The molecular weight excluding hydrogens is 476 g/mol. The molecule has 2 aliphatic heterocycles. The molecule has 37 heavy (non-hydrogen) atoms. The third kappa shape index (κ3) is 3.88. The van der Waals surface area contributed by atoms with Gasteiger partial charge in [-0.15, -0.1) is 0 Å². The Labute approximate surface area is 219 Å². The van der Waals surface area contributed by atoms with Gasteiger partial charge in [0.25, 0.3) is 0 Å². The lowest BCUT2D eigenvalue weighted by Gasteiger charge is -2.65.